The van der Waals surface area contributed by atoms with Gasteiger partial charge in [-0.15, -0.1) is 0 Å². The summed E-state index contributed by atoms with van der Waals surface area (Å²) in [7, 11) is 2.13. The molecule has 5 heterocycles. The van der Waals surface area contributed by atoms with Crippen LogP contribution in [0.5, 0.6) is 0 Å². The number of unbranched alkanes of at least 4 members (excludes halogenated alkanes) is 6. The highest BCUT2D eigenvalue weighted by atomic mass is 16.4. The van der Waals surface area contributed by atoms with Crippen LogP contribution in [-0.4, -0.2) is 46.8 Å². The Morgan fingerprint density at radius 1 is 0.732 bits per heavy atom. The summed E-state index contributed by atoms with van der Waals surface area (Å²) in [5, 5.41) is 26.5. The van der Waals surface area contributed by atoms with E-state index >= 15 is 0 Å². The topological polar surface area (TPSA) is 141 Å². The average Bonchev–Trinajstić information content (AvgIpc) is 3.97. The Labute approximate surface area is 333 Å². The van der Waals surface area contributed by atoms with Crippen molar-refractivity contribution in [2.45, 2.75) is 120 Å². The number of allylic oxidation sites excluding steroid dienone is 6. The second-order valence-corrected chi connectivity index (χ2v) is 14.4. The lowest BCUT2D eigenvalue weighted by atomic mass is 9.93. The maximum atomic E-state index is 11.0. The van der Waals surface area contributed by atoms with Gasteiger partial charge in [-0.3, -0.25) is 9.59 Å². The van der Waals surface area contributed by atoms with Crippen LogP contribution < -0.4 is 0 Å². The number of nitrogens with zero attached hydrogens (tertiary/aromatic N) is 3. The number of carboxylic acid groups (broad SMARTS) is 2. The minimum Gasteiger partial charge on any atom is -0.508 e. The molecule has 0 aromatic carbocycles. The molecule has 4 N–H and O–H groups in total. The number of aliphatic carboxylic acids is 2. The largest absolute Gasteiger partial charge is 0.508 e. The number of carboxylic acids is 2. The molecule has 9 nitrogen and oxygen atoms in total. The minimum atomic E-state index is -0.745. The third kappa shape index (κ3) is 12.3. The van der Waals surface area contributed by atoms with Gasteiger partial charge in [-0.2, -0.15) is 0 Å². The van der Waals surface area contributed by atoms with E-state index in [0.717, 1.165) is 73.6 Å². The molecule has 0 amide bonds. The highest BCUT2D eigenvalue weighted by Gasteiger charge is 2.20. The van der Waals surface area contributed by atoms with E-state index < -0.39 is 11.9 Å². The van der Waals surface area contributed by atoms with Crippen molar-refractivity contribution in [3.8, 4) is 0 Å². The predicted molar refractivity (Wildman–Crippen MR) is 233 cm³/mol. The van der Waals surface area contributed by atoms with Crippen LogP contribution in [0.15, 0.2) is 65.0 Å². The first kappa shape index (κ1) is 45.0. The van der Waals surface area contributed by atoms with Gasteiger partial charge >= 0.3 is 11.9 Å². The molecular formula is C47H62N4O5. The molecule has 0 saturated carbocycles. The smallest absolute Gasteiger partial charge is 0.303 e. The fourth-order valence-corrected chi connectivity index (χ4v) is 6.58. The molecular weight excluding hydrogens is 701 g/mol. The molecule has 0 radical (unpaired) electrons. The van der Waals surface area contributed by atoms with E-state index in [9.17, 15) is 14.7 Å². The number of hydrogen-bond acceptors (Lipinski definition) is 5. The first-order chi connectivity index (χ1) is 26.6. The van der Waals surface area contributed by atoms with Crippen LogP contribution in [-0.2, 0) is 16.6 Å². The molecule has 0 spiro atoms. The second kappa shape index (κ2) is 21.6. The van der Waals surface area contributed by atoms with E-state index in [0.29, 0.717) is 5.76 Å². The molecule has 5 rings (SSSR count). The highest BCUT2D eigenvalue weighted by Crippen LogP contribution is 2.36. The van der Waals surface area contributed by atoms with Gasteiger partial charge in [0.25, 0.3) is 0 Å². The van der Waals surface area contributed by atoms with E-state index in [-0.39, 0.29) is 12.8 Å². The van der Waals surface area contributed by atoms with Crippen molar-refractivity contribution in [1.82, 2.24) is 19.5 Å². The summed E-state index contributed by atoms with van der Waals surface area (Å²) >= 11 is 0. The molecule has 0 fully saturated rings. The molecule has 3 aromatic heterocycles. The van der Waals surface area contributed by atoms with Gasteiger partial charge in [-0.1, -0.05) is 59.0 Å². The molecule has 2 aliphatic rings. The molecule has 3 aromatic rings. The summed E-state index contributed by atoms with van der Waals surface area (Å²) in [6, 6.07) is 10.5. The van der Waals surface area contributed by atoms with Crippen LogP contribution in [0.3, 0.4) is 0 Å². The van der Waals surface area contributed by atoms with Crippen LogP contribution in [0.4, 0.5) is 0 Å². The third-order valence-corrected chi connectivity index (χ3v) is 10.3. The first-order valence-corrected chi connectivity index (χ1v) is 19.9. The number of nitrogens with one attached hydrogen (secondary N) is 1. The van der Waals surface area contributed by atoms with Crippen molar-refractivity contribution in [2.75, 3.05) is 0 Å². The number of aromatic amines is 1. The summed E-state index contributed by atoms with van der Waals surface area (Å²) in [6.45, 7) is 18.3. The molecule has 0 saturated heterocycles. The molecule has 8 bridgehead atoms. The Morgan fingerprint density at radius 2 is 1.29 bits per heavy atom. The van der Waals surface area contributed by atoms with Crippen molar-refractivity contribution < 1.29 is 24.9 Å². The highest BCUT2D eigenvalue weighted by molar-refractivity contribution is 5.95. The number of aromatic nitrogens is 4. The van der Waals surface area contributed by atoms with Gasteiger partial charge in [0, 0.05) is 47.5 Å². The van der Waals surface area contributed by atoms with Crippen LogP contribution in [0.1, 0.15) is 139 Å². The van der Waals surface area contributed by atoms with E-state index in [1.807, 2.05) is 13.0 Å². The summed E-state index contributed by atoms with van der Waals surface area (Å²) in [5.74, 6) is -1.16. The molecule has 9 heteroatoms. The van der Waals surface area contributed by atoms with Gasteiger partial charge in [0.1, 0.15) is 5.76 Å². The molecule has 0 aliphatic carbocycles. The predicted octanol–water partition coefficient (Wildman–Crippen LogP) is 12.4. The Balaban J connectivity index is 0.000000748. The fraction of sp³-hybridized carbons (Fsp3) is 0.404. The Morgan fingerprint density at radius 3 is 1.88 bits per heavy atom. The van der Waals surface area contributed by atoms with E-state index in [2.05, 4.69) is 113 Å². The van der Waals surface area contributed by atoms with Crippen LogP contribution in [0.2, 0.25) is 0 Å². The van der Waals surface area contributed by atoms with Crippen molar-refractivity contribution in [3.63, 3.8) is 0 Å². The van der Waals surface area contributed by atoms with Crippen LogP contribution in [0.25, 0.3) is 45.9 Å². The number of H-pyrrole nitrogens is 1. The number of hydrogen-bond donors (Lipinski definition) is 4. The number of aliphatic hydroxyl groups is 1. The van der Waals surface area contributed by atoms with Crippen molar-refractivity contribution >= 4 is 57.8 Å². The maximum absolute atomic E-state index is 11.0. The molecule has 2 aliphatic heterocycles. The SMILES string of the molecule is CCC(=O)O.CCC(=O)O.CCCCCCCCC=CC(O)=C(C)C(C)=C(C)C1=Cc2cc3ccc(cc4nc(cc5c(C)c(C)c(c(C)c1n2)n5C)C=C4)[nH]3. The number of rotatable bonds is 12. The second-order valence-electron chi connectivity index (χ2n) is 14.4. The van der Waals surface area contributed by atoms with Crippen molar-refractivity contribution in [2.24, 2.45) is 7.05 Å². The van der Waals surface area contributed by atoms with Gasteiger partial charge in [-0.05, 0) is 142 Å². The number of carbonyl (C=O) groups is 2. The van der Waals surface area contributed by atoms with Crippen LogP contribution in [0, 0.1) is 20.8 Å². The number of fused-ring (bicyclic) bond motifs is 8. The molecule has 300 valence electrons. The zero-order valence-electron chi connectivity index (χ0n) is 35.1. The van der Waals surface area contributed by atoms with E-state index in [1.54, 1.807) is 13.8 Å². The van der Waals surface area contributed by atoms with Crippen molar-refractivity contribution in [3.05, 3.63) is 104 Å². The number of aryl methyl sites for hydroxylation is 4. The van der Waals surface area contributed by atoms with Gasteiger partial charge < -0.3 is 24.9 Å². The monoisotopic (exact) mass is 762 g/mol. The van der Waals surface area contributed by atoms with Gasteiger partial charge in [0.15, 0.2) is 0 Å². The maximum Gasteiger partial charge on any atom is 0.303 e. The molecule has 0 atom stereocenters. The lowest BCUT2D eigenvalue weighted by Crippen LogP contribution is -1.97. The van der Waals surface area contributed by atoms with Crippen LogP contribution >= 0.6 is 0 Å². The first-order valence-electron chi connectivity index (χ1n) is 19.9. The van der Waals surface area contributed by atoms with Gasteiger partial charge in [0.05, 0.1) is 22.8 Å². The summed E-state index contributed by atoms with van der Waals surface area (Å²) in [5.41, 5.74) is 15.8. The zero-order valence-corrected chi connectivity index (χ0v) is 35.1. The number of aliphatic hydroxyl groups excluding tert-OH is 1. The normalized spacial score (nSPS) is 12.9. The standard InChI is InChI=1S/C41H50N4O.2C3H6O2/c1-9-10-11-12-13-14-15-16-17-39(46)29(5)26(2)27(3)37-24-36-23-34-19-18-32(42-34)22-33-20-21-35(43-33)25-38-28(4)30(6)41(45(38)8)31(7)40(37)44-36;2*1-2-3(4)5/h16-25,42,46H,9-15H2,1-8H3;2*2H2,1H3,(H,4,5). The van der Waals surface area contributed by atoms with E-state index in [4.69, 9.17) is 20.2 Å². The molecule has 56 heavy (non-hydrogen) atoms. The Hall–Kier alpha value is -5.44. The van der Waals surface area contributed by atoms with E-state index in [1.165, 1.54) is 55.2 Å². The quantitative estimate of drug-likeness (QED) is 0.0639. The van der Waals surface area contributed by atoms with Gasteiger partial charge in [0.2, 0.25) is 0 Å². The lowest BCUT2D eigenvalue weighted by molar-refractivity contribution is -0.137. The fourth-order valence-electron chi connectivity index (χ4n) is 6.58. The summed E-state index contributed by atoms with van der Waals surface area (Å²) < 4.78 is 2.28. The minimum absolute atomic E-state index is 0.222. The zero-order chi connectivity index (χ0) is 41.5. The average molecular weight is 763 g/mol. The lowest BCUT2D eigenvalue weighted by Gasteiger charge is -2.13. The third-order valence-electron chi connectivity index (χ3n) is 10.3. The summed E-state index contributed by atoms with van der Waals surface area (Å²) in [4.78, 5) is 32.3. The Kier molecular flexibility index (Phi) is 17.3. The molecule has 0 unspecified atom stereocenters. The van der Waals surface area contributed by atoms with Gasteiger partial charge in [-0.25, -0.2) is 9.97 Å². The van der Waals surface area contributed by atoms with Crippen molar-refractivity contribution in [1.29, 1.82) is 0 Å². The Bertz CT molecular complexity index is 2190. The summed E-state index contributed by atoms with van der Waals surface area (Å²) in [6.07, 6.45) is 19.4.